The molecular formula is C23H25ClN6O2. The molecule has 0 aliphatic carbocycles. The van der Waals surface area contributed by atoms with Crippen molar-refractivity contribution in [3.8, 4) is 0 Å². The molecule has 4 N–H and O–H groups in total. The van der Waals surface area contributed by atoms with E-state index < -0.39 is 6.04 Å². The molecule has 1 aliphatic heterocycles. The maximum absolute atomic E-state index is 13.1. The molecule has 4 rings (SSSR count). The van der Waals surface area contributed by atoms with E-state index in [9.17, 15) is 9.59 Å². The third-order valence-electron chi connectivity index (χ3n) is 5.58. The van der Waals surface area contributed by atoms with Crippen molar-refractivity contribution in [2.75, 3.05) is 11.1 Å². The lowest BCUT2D eigenvalue weighted by Gasteiger charge is -2.16. The molecule has 9 heteroatoms. The number of fused-ring (bicyclic) bond motifs is 1. The van der Waals surface area contributed by atoms with E-state index in [2.05, 4.69) is 20.6 Å². The number of hydrogen-bond acceptors (Lipinski definition) is 6. The normalized spacial score (nSPS) is 14.8. The minimum Gasteiger partial charge on any atom is -0.384 e. The van der Waals surface area contributed by atoms with Gasteiger partial charge in [-0.05, 0) is 55.2 Å². The summed E-state index contributed by atoms with van der Waals surface area (Å²) in [7, 11) is 0. The molecule has 0 bridgehead atoms. The Morgan fingerprint density at radius 2 is 2.06 bits per heavy atom. The van der Waals surface area contributed by atoms with Crippen molar-refractivity contribution in [3.63, 3.8) is 0 Å². The highest BCUT2D eigenvalue weighted by molar-refractivity contribution is 6.30. The number of benzene rings is 1. The molecular weight excluding hydrogens is 428 g/mol. The quantitative estimate of drug-likeness (QED) is 0.529. The number of anilines is 2. The van der Waals surface area contributed by atoms with E-state index in [4.69, 9.17) is 17.3 Å². The topological polar surface area (TPSA) is 115 Å². The first-order valence-electron chi connectivity index (χ1n) is 10.4. The number of nitrogens with one attached hydrogen (secondary N) is 2. The summed E-state index contributed by atoms with van der Waals surface area (Å²) in [5, 5.41) is 6.70. The zero-order chi connectivity index (χ0) is 22.8. The molecule has 0 saturated heterocycles. The van der Waals surface area contributed by atoms with Crippen LogP contribution in [0.25, 0.3) is 0 Å². The van der Waals surface area contributed by atoms with E-state index in [1.807, 2.05) is 38.1 Å². The van der Waals surface area contributed by atoms with Gasteiger partial charge in [0, 0.05) is 30.2 Å². The zero-order valence-corrected chi connectivity index (χ0v) is 18.7. The van der Waals surface area contributed by atoms with Gasteiger partial charge in [-0.15, -0.1) is 0 Å². The van der Waals surface area contributed by atoms with Gasteiger partial charge in [-0.3, -0.25) is 14.2 Å². The van der Waals surface area contributed by atoms with Gasteiger partial charge in [0.05, 0.1) is 6.20 Å². The number of nitrogens with zero attached hydrogens (tertiary/aromatic N) is 3. The number of hydrogen-bond donors (Lipinski definition) is 3. The smallest absolute Gasteiger partial charge is 0.277 e. The summed E-state index contributed by atoms with van der Waals surface area (Å²) in [5.41, 5.74) is 9.43. The molecule has 0 spiro atoms. The van der Waals surface area contributed by atoms with Crippen LogP contribution in [-0.2, 0) is 24.3 Å². The predicted molar refractivity (Wildman–Crippen MR) is 125 cm³/mol. The van der Waals surface area contributed by atoms with E-state index in [-0.39, 0.29) is 11.5 Å². The molecule has 1 aromatic carbocycles. The fourth-order valence-electron chi connectivity index (χ4n) is 3.98. The first-order valence-corrected chi connectivity index (χ1v) is 10.8. The Morgan fingerprint density at radius 1 is 1.25 bits per heavy atom. The van der Waals surface area contributed by atoms with Crippen molar-refractivity contribution in [1.82, 2.24) is 19.9 Å². The summed E-state index contributed by atoms with van der Waals surface area (Å²) < 4.78 is 1.50. The number of aromatic nitrogens is 3. The highest BCUT2D eigenvalue weighted by atomic mass is 35.5. The Kier molecular flexibility index (Phi) is 6.14. The van der Waals surface area contributed by atoms with Crippen LogP contribution in [0.3, 0.4) is 0 Å². The monoisotopic (exact) mass is 452 g/mol. The molecule has 2 aromatic heterocycles. The fraction of sp³-hybridized carbons (Fsp3) is 0.304. The van der Waals surface area contributed by atoms with Gasteiger partial charge in [-0.25, -0.2) is 9.97 Å². The summed E-state index contributed by atoms with van der Waals surface area (Å²) in [6, 6.07) is 8.68. The number of halogens is 1. The van der Waals surface area contributed by atoms with E-state index in [1.165, 1.54) is 10.8 Å². The number of nitrogen functional groups attached to an aromatic ring is 1. The Labute approximate surface area is 190 Å². The van der Waals surface area contributed by atoms with Crippen molar-refractivity contribution in [3.05, 3.63) is 80.1 Å². The minimum atomic E-state index is -0.595. The number of rotatable bonds is 6. The van der Waals surface area contributed by atoms with Gasteiger partial charge < -0.3 is 16.4 Å². The number of carbonyl (C=O) groups excluding carboxylic acids is 1. The molecule has 32 heavy (non-hydrogen) atoms. The molecule has 166 valence electrons. The Morgan fingerprint density at radius 3 is 2.81 bits per heavy atom. The van der Waals surface area contributed by atoms with Gasteiger partial charge in [0.2, 0.25) is 5.91 Å². The average Bonchev–Trinajstić information content (AvgIpc) is 3.17. The second kappa shape index (κ2) is 9.00. The van der Waals surface area contributed by atoms with Crippen molar-refractivity contribution in [2.24, 2.45) is 0 Å². The summed E-state index contributed by atoms with van der Waals surface area (Å²) >= 11 is 6.12. The van der Waals surface area contributed by atoms with E-state index in [1.54, 1.807) is 6.07 Å². The van der Waals surface area contributed by atoms with Crippen LogP contribution in [0.1, 0.15) is 40.7 Å². The zero-order valence-electron chi connectivity index (χ0n) is 18.0. The summed E-state index contributed by atoms with van der Waals surface area (Å²) in [4.78, 5) is 34.7. The van der Waals surface area contributed by atoms with E-state index in [0.29, 0.717) is 48.3 Å². The number of aryl methyl sites for hydroxylation is 3. The van der Waals surface area contributed by atoms with Crippen molar-refractivity contribution in [1.29, 1.82) is 0 Å². The SMILES string of the molecule is Cc1cc(Cl)cc(CNc2cnc3n(c2=O)[C@H](C(=O)NCc2ccc(N)nc2C)CC3)c1. The van der Waals surface area contributed by atoms with Gasteiger partial charge in [0.15, 0.2) is 0 Å². The Bertz CT molecular complexity index is 1220. The molecule has 3 aromatic rings. The third-order valence-corrected chi connectivity index (χ3v) is 5.80. The third kappa shape index (κ3) is 4.60. The molecule has 8 nitrogen and oxygen atoms in total. The molecule has 0 fully saturated rings. The molecule has 0 saturated carbocycles. The minimum absolute atomic E-state index is 0.216. The highest BCUT2D eigenvalue weighted by Crippen LogP contribution is 2.24. The second-order valence-electron chi connectivity index (χ2n) is 8.01. The number of carbonyl (C=O) groups is 1. The summed E-state index contributed by atoms with van der Waals surface area (Å²) in [5.74, 6) is 0.837. The van der Waals surface area contributed by atoms with Crippen LogP contribution >= 0.6 is 11.6 Å². The summed E-state index contributed by atoms with van der Waals surface area (Å²) in [6.45, 7) is 4.55. The van der Waals surface area contributed by atoms with Crippen molar-refractivity contribution < 1.29 is 4.79 Å². The Balaban J connectivity index is 1.49. The van der Waals surface area contributed by atoms with Crippen molar-refractivity contribution >= 4 is 29.0 Å². The lowest BCUT2D eigenvalue weighted by atomic mass is 10.1. The predicted octanol–water partition coefficient (Wildman–Crippen LogP) is 2.91. The number of amides is 1. The second-order valence-corrected chi connectivity index (χ2v) is 8.44. The van der Waals surface area contributed by atoms with Crippen LogP contribution in [0, 0.1) is 13.8 Å². The molecule has 1 aliphatic rings. The largest absolute Gasteiger partial charge is 0.384 e. The maximum Gasteiger partial charge on any atom is 0.277 e. The Hall–Kier alpha value is -3.39. The lowest BCUT2D eigenvalue weighted by Crippen LogP contribution is -2.36. The number of nitrogens with two attached hydrogens (primary N) is 1. The van der Waals surface area contributed by atoms with Gasteiger partial charge in [0.1, 0.15) is 23.4 Å². The van der Waals surface area contributed by atoms with Gasteiger partial charge in [0.25, 0.3) is 5.56 Å². The number of pyridine rings is 1. The lowest BCUT2D eigenvalue weighted by molar-refractivity contribution is -0.124. The van der Waals surface area contributed by atoms with Gasteiger partial charge in [-0.1, -0.05) is 23.7 Å². The molecule has 1 amide bonds. The van der Waals surface area contributed by atoms with Crippen LogP contribution in [-0.4, -0.2) is 20.4 Å². The van der Waals surface area contributed by atoms with E-state index >= 15 is 0 Å². The highest BCUT2D eigenvalue weighted by Gasteiger charge is 2.31. The first kappa shape index (κ1) is 21.8. The maximum atomic E-state index is 13.1. The van der Waals surface area contributed by atoms with Crippen LogP contribution in [0.2, 0.25) is 5.02 Å². The molecule has 0 radical (unpaired) electrons. The van der Waals surface area contributed by atoms with E-state index in [0.717, 1.165) is 22.4 Å². The van der Waals surface area contributed by atoms with Crippen LogP contribution in [0.4, 0.5) is 11.5 Å². The average molecular weight is 453 g/mol. The first-order chi connectivity index (χ1) is 15.3. The van der Waals surface area contributed by atoms with Gasteiger partial charge >= 0.3 is 0 Å². The molecule has 1 atom stereocenters. The van der Waals surface area contributed by atoms with Crippen LogP contribution in [0.15, 0.2) is 41.3 Å². The van der Waals surface area contributed by atoms with Crippen molar-refractivity contribution in [2.45, 2.75) is 45.8 Å². The van der Waals surface area contributed by atoms with Crippen LogP contribution in [0.5, 0.6) is 0 Å². The summed E-state index contributed by atoms with van der Waals surface area (Å²) in [6.07, 6.45) is 2.64. The van der Waals surface area contributed by atoms with Gasteiger partial charge in [-0.2, -0.15) is 0 Å². The molecule has 3 heterocycles. The standard InChI is InChI=1S/C23H25ClN6O2/c1-13-7-15(9-17(24)8-13)10-26-18-12-27-21-6-4-19(30(21)23(18)32)22(31)28-11-16-3-5-20(25)29-14(16)2/h3,5,7-9,12,19,26H,4,6,10-11H2,1-2H3,(H2,25,29)(H,28,31)/t19-/m0/s1. The molecule has 0 unspecified atom stereocenters. The fourth-order valence-corrected chi connectivity index (χ4v) is 4.29. The van der Waals surface area contributed by atoms with Crippen LogP contribution < -0.4 is 21.9 Å².